The van der Waals surface area contributed by atoms with Crippen molar-refractivity contribution in [1.29, 1.82) is 0 Å². The van der Waals surface area contributed by atoms with Crippen LogP contribution in [0.4, 0.5) is 0 Å². The molecule has 0 aromatic heterocycles. The number of ether oxygens (including phenoxy) is 2. The number of nitrogens with zero attached hydrogens (tertiary/aromatic N) is 1. The van der Waals surface area contributed by atoms with Crippen molar-refractivity contribution in [3.8, 4) is 5.75 Å². The molecule has 0 bridgehead atoms. The summed E-state index contributed by atoms with van der Waals surface area (Å²) in [6.07, 6.45) is 2.18. The lowest BCUT2D eigenvalue weighted by Crippen LogP contribution is -2.32. The molecule has 3 nitrogen and oxygen atoms in total. The van der Waals surface area contributed by atoms with E-state index < -0.39 is 0 Å². The van der Waals surface area contributed by atoms with Crippen molar-refractivity contribution < 1.29 is 9.47 Å². The summed E-state index contributed by atoms with van der Waals surface area (Å²) in [5.74, 6) is 1.90. The molecule has 4 heteroatoms. The zero-order chi connectivity index (χ0) is 15.0. The minimum atomic E-state index is 0.113. The van der Waals surface area contributed by atoms with Gasteiger partial charge in [-0.05, 0) is 44.6 Å². The van der Waals surface area contributed by atoms with Gasteiger partial charge in [-0.25, -0.2) is 0 Å². The molecule has 0 aliphatic carbocycles. The molecule has 0 N–H and O–H groups in total. The van der Waals surface area contributed by atoms with Gasteiger partial charge < -0.3 is 9.47 Å². The van der Waals surface area contributed by atoms with E-state index in [1.54, 1.807) is 19.1 Å². The Kier molecular flexibility index (Phi) is 8.04. The number of hydrogen-bond donors (Lipinski definition) is 0. The van der Waals surface area contributed by atoms with Gasteiger partial charge in [0.25, 0.3) is 0 Å². The highest BCUT2D eigenvalue weighted by molar-refractivity contribution is 7.96. The van der Waals surface area contributed by atoms with Crippen molar-refractivity contribution in [3.63, 3.8) is 0 Å². The summed E-state index contributed by atoms with van der Waals surface area (Å²) >= 11 is 1.79. The molecule has 0 saturated carbocycles. The van der Waals surface area contributed by atoms with Gasteiger partial charge in [-0.3, -0.25) is 4.31 Å². The van der Waals surface area contributed by atoms with Crippen molar-refractivity contribution >= 4 is 11.9 Å². The summed E-state index contributed by atoms with van der Waals surface area (Å²) in [7, 11) is 5.87. The molecule has 0 aliphatic heterocycles. The molecule has 0 saturated heterocycles. The molecular formula is C16H27NO2S. The zero-order valence-corrected chi connectivity index (χ0v) is 14.1. The topological polar surface area (TPSA) is 21.7 Å². The summed E-state index contributed by atoms with van der Waals surface area (Å²) in [6.45, 7) is 4.27. The number of benzene rings is 1. The van der Waals surface area contributed by atoms with E-state index in [0.29, 0.717) is 0 Å². The van der Waals surface area contributed by atoms with Crippen molar-refractivity contribution in [1.82, 2.24) is 4.31 Å². The molecular weight excluding hydrogens is 270 g/mol. The Morgan fingerprint density at radius 2 is 1.85 bits per heavy atom. The lowest BCUT2D eigenvalue weighted by molar-refractivity contribution is -0.00154. The first-order valence-electron chi connectivity index (χ1n) is 7.19. The molecule has 0 heterocycles. The van der Waals surface area contributed by atoms with Crippen LogP contribution >= 0.6 is 11.9 Å². The quantitative estimate of drug-likeness (QED) is 0.643. The summed E-state index contributed by atoms with van der Waals surface area (Å²) in [4.78, 5) is 0. The summed E-state index contributed by atoms with van der Waals surface area (Å²) in [5, 5.41) is 0. The molecule has 0 aliphatic rings. The highest BCUT2D eigenvalue weighted by Gasteiger charge is 2.19. The Morgan fingerprint density at radius 1 is 1.15 bits per heavy atom. The van der Waals surface area contributed by atoms with Crippen LogP contribution in [0, 0.1) is 0 Å². The van der Waals surface area contributed by atoms with Gasteiger partial charge >= 0.3 is 0 Å². The molecule has 1 rings (SSSR count). The smallest absolute Gasteiger partial charge is 0.124 e. The van der Waals surface area contributed by atoms with Crippen LogP contribution in [0.15, 0.2) is 24.3 Å². The lowest BCUT2D eigenvalue weighted by atomic mass is 10.1. The average molecular weight is 297 g/mol. The van der Waals surface area contributed by atoms with Gasteiger partial charge in [0.05, 0.1) is 6.10 Å². The predicted octanol–water partition coefficient (Wildman–Crippen LogP) is 3.98. The maximum atomic E-state index is 6.11. The monoisotopic (exact) mass is 297 g/mol. The Bertz CT molecular complexity index is 380. The standard InChI is InChI=1S/C16H27NO2S/c1-6-15(18-5)16(7-2)19-14-10-8-9-13(11-14)12-20-17(3)4/h8-11,15-16H,6-7,12H2,1-5H3. The Labute approximate surface area is 127 Å². The first kappa shape index (κ1) is 17.3. The fourth-order valence-corrected chi connectivity index (χ4v) is 2.68. The number of rotatable bonds is 9. The van der Waals surface area contributed by atoms with E-state index in [4.69, 9.17) is 9.47 Å². The second-order valence-corrected chi connectivity index (χ2v) is 6.26. The van der Waals surface area contributed by atoms with E-state index in [0.717, 1.165) is 24.3 Å². The minimum Gasteiger partial charge on any atom is -0.488 e. The first-order chi connectivity index (χ1) is 9.60. The molecule has 2 atom stereocenters. The van der Waals surface area contributed by atoms with Crippen LogP contribution in [0.3, 0.4) is 0 Å². The third kappa shape index (κ3) is 5.73. The minimum absolute atomic E-state index is 0.113. The maximum Gasteiger partial charge on any atom is 0.124 e. The largest absolute Gasteiger partial charge is 0.488 e. The van der Waals surface area contributed by atoms with E-state index >= 15 is 0 Å². The van der Waals surface area contributed by atoms with Gasteiger partial charge in [0.1, 0.15) is 11.9 Å². The lowest BCUT2D eigenvalue weighted by Gasteiger charge is -2.25. The second-order valence-electron chi connectivity index (χ2n) is 4.98. The van der Waals surface area contributed by atoms with E-state index in [1.807, 2.05) is 6.07 Å². The fraction of sp³-hybridized carbons (Fsp3) is 0.625. The molecule has 0 amide bonds. The van der Waals surface area contributed by atoms with E-state index in [9.17, 15) is 0 Å². The highest BCUT2D eigenvalue weighted by Crippen LogP contribution is 2.22. The van der Waals surface area contributed by atoms with Crippen LogP contribution in [0.5, 0.6) is 5.75 Å². The van der Waals surface area contributed by atoms with Gasteiger partial charge in [0.15, 0.2) is 0 Å². The van der Waals surface area contributed by atoms with Crippen molar-refractivity contribution in [3.05, 3.63) is 29.8 Å². The predicted molar refractivity (Wildman–Crippen MR) is 87.2 cm³/mol. The van der Waals surface area contributed by atoms with Crippen LogP contribution in [-0.2, 0) is 10.5 Å². The second kappa shape index (κ2) is 9.27. The van der Waals surface area contributed by atoms with Crippen LogP contribution < -0.4 is 4.74 Å². The van der Waals surface area contributed by atoms with Gasteiger partial charge in [-0.1, -0.05) is 37.9 Å². The SMILES string of the molecule is CCC(OC)C(CC)Oc1cccc(CSN(C)C)c1. The Hall–Kier alpha value is -0.710. The molecule has 114 valence electrons. The van der Waals surface area contributed by atoms with E-state index in [1.165, 1.54) is 5.56 Å². The molecule has 1 aromatic carbocycles. The molecule has 1 aromatic rings. The van der Waals surface area contributed by atoms with E-state index in [-0.39, 0.29) is 12.2 Å². The van der Waals surface area contributed by atoms with Gasteiger partial charge in [0, 0.05) is 12.9 Å². The Balaban J connectivity index is 2.68. The summed E-state index contributed by atoms with van der Waals surface area (Å²) < 4.78 is 13.7. The van der Waals surface area contributed by atoms with Crippen molar-refractivity contribution in [2.24, 2.45) is 0 Å². The van der Waals surface area contributed by atoms with E-state index in [2.05, 4.69) is 50.4 Å². The zero-order valence-electron chi connectivity index (χ0n) is 13.3. The molecule has 20 heavy (non-hydrogen) atoms. The van der Waals surface area contributed by atoms with Crippen molar-refractivity contribution in [2.45, 2.75) is 44.6 Å². The number of hydrogen-bond acceptors (Lipinski definition) is 4. The van der Waals surface area contributed by atoms with Gasteiger partial charge in [-0.15, -0.1) is 0 Å². The van der Waals surface area contributed by atoms with Crippen LogP contribution in [0.25, 0.3) is 0 Å². The third-order valence-corrected chi connectivity index (χ3v) is 4.18. The summed E-state index contributed by atoms with van der Waals surface area (Å²) in [5.41, 5.74) is 1.28. The third-order valence-electron chi connectivity index (χ3n) is 3.20. The fourth-order valence-electron chi connectivity index (χ4n) is 2.09. The summed E-state index contributed by atoms with van der Waals surface area (Å²) in [6, 6.07) is 8.34. The number of methoxy groups -OCH3 is 1. The molecule has 0 spiro atoms. The molecule has 0 fully saturated rings. The van der Waals surface area contributed by atoms with Gasteiger partial charge in [-0.2, -0.15) is 0 Å². The Morgan fingerprint density at radius 3 is 2.40 bits per heavy atom. The normalized spacial score (nSPS) is 14.3. The van der Waals surface area contributed by atoms with Gasteiger partial charge in [0.2, 0.25) is 0 Å². The average Bonchev–Trinajstić information content (AvgIpc) is 2.45. The van der Waals surface area contributed by atoms with Crippen LogP contribution in [0.1, 0.15) is 32.3 Å². The first-order valence-corrected chi connectivity index (χ1v) is 8.13. The van der Waals surface area contributed by atoms with Crippen molar-refractivity contribution in [2.75, 3.05) is 21.2 Å². The van der Waals surface area contributed by atoms with Crippen LogP contribution in [-0.4, -0.2) is 37.7 Å². The van der Waals surface area contributed by atoms with Crippen LogP contribution in [0.2, 0.25) is 0 Å². The highest BCUT2D eigenvalue weighted by atomic mass is 32.2. The molecule has 0 radical (unpaired) electrons. The maximum absolute atomic E-state index is 6.11. The molecule has 2 unspecified atom stereocenters.